The van der Waals surface area contributed by atoms with Crippen LogP contribution >= 0.6 is 0 Å². The Morgan fingerprint density at radius 3 is 2.32 bits per heavy atom. The van der Waals surface area contributed by atoms with Crippen molar-refractivity contribution in [2.45, 2.75) is 38.5 Å². The third kappa shape index (κ3) is 3.49. The molecule has 2 aromatic rings. The molecule has 0 spiro atoms. The van der Waals surface area contributed by atoms with E-state index in [1.807, 2.05) is 6.08 Å². The highest BCUT2D eigenvalue weighted by atomic mass is 16.1. The molecule has 0 N–H and O–H groups in total. The zero-order valence-corrected chi connectivity index (χ0v) is 18.6. The predicted octanol–water partition coefficient (Wildman–Crippen LogP) is 4.79. The number of carbonyl (C=O) groups is 1. The summed E-state index contributed by atoms with van der Waals surface area (Å²) in [5, 5.41) is 1.14. The molecule has 5 aliphatic rings. The molecule has 4 heteroatoms. The number of nitrogens with zero attached hydrogens (tertiary/aromatic N) is 3. The van der Waals surface area contributed by atoms with E-state index in [0.717, 1.165) is 85.5 Å². The minimum Gasteiger partial charge on any atom is -0.354 e. The quantitative estimate of drug-likeness (QED) is 0.673. The smallest absolute Gasteiger partial charge is 0.161 e. The van der Waals surface area contributed by atoms with Crippen molar-refractivity contribution in [2.75, 3.05) is 38.1 Å². The number of ketones is 1. The Labute approximate surface area is 185 Å². The third-order valence-electron chi connectivity index (χ3n) is 8.51. The van der Waals surface area contributed by atoms with Gasteiger partial charge in [-0.05, 0) is 87.6 Å². The summed E-state index contributed by atoms with van der Waals surface area (Å²) >= 11 is 0. The van der Waals surface area contributed by atoms with Gasteiger partial charge in [0.2, 0.25) is 0 Å². The molecule has 1 saturated heterocycles. The van der Waals surface area contributed by atoms with Crippen molar-refractivity contribution < 1.29 is 4.79 Å². The largest absolute Gasteiger partial charge is 0.354 e. The monoisotopic (exact) mass is 415 g/mol. The van der Waals surface area contributed by atoms with Crippen LogP contribution in [0.2, 0.25) is 0 Å². The van der Waals surface area contributed by atoms with E-state index in [1.54, 1.807) is 0 Å². The fourth-order valence-electron chi connectivity index (χ4n) is 7.27. The van der Waals surface area contributed by atoms with Crippen molar-refractivity contribution in [1.29, 1.82) is 0 Å². The SMILES string of the molecule is CN1CCN(c2nc3ccccc3cc2/C=C/C(=O)C23CC4CC(CC(C4)C2)C3)CC1. The predicted molar refractivity (Wildman–Crippen MR) is 126 cm³/mol. The van der Waals surface area contributed by atoms with E-state index in [9.17, 15) is 4.79 Å². The van der Waals surface area contributed by atoms with Gasteiger partial charge in [0.25, 0.3) is 0 Å². The van der Waals surface area contributed by atoms with Crippen molar-refractivity contribution >= 4 is 28.6 Å². The third-order valence-corrected chi connectivity index (χ3v) is 8.51. The Morgan fingerprint density at radius 1 is 1.00 bits per heavy atom. The molecule has 2 heterocycles. The summed E-state index contributed by atoms with van der Waals surface area (Å²) in [7, 11) is 2.18. The molecule has 0 amide bonds. The first-order valence-electron chi connectivity index (χ1n) is 12.1. The van der Waals surface area contributed by atoms with Crippen LogP contribution in [0.1, 0.15) is 44.1 Å². The number of aromatic nitrogens is 1. The normalized spacial score (nSPS) is 32.9. The second-order valence-electron chi connectivity index (χ2n) is 10.8. The number of carbonyl (C=O) groups excluding carboxylic acids is 1. The van der Waals surface area contributed by atoms with Crippen LogP contribution in [0.25, 0.3) is 17.0 Å². The van der Waals surface area contributed by atoms with Gasteiger partial charge < -0.3 is 9.80 Å². The van der Waals surface area contributed by atoms with Crippen LogP contribution in [0, 0.1) is 23.2 Å². The van der Waals surface area contributed by atoms with Gasteiger partial charge in [-0.25, -0.2) is 4.98 Å². The Balaban J connectivity index is 1.32. The van der Waals surface area contributed by atoms with Crippen LogP contribution in [0.5, 0.6) is 0 Å². The number of pyridine rings is 1. The first-order chi connectivity index (χ1) is 15.1. The summed E-state index contributed by atoms with van der Waals surface area (Å²) in [5.41, 5.74) is 2.05. The molecule has 4 saturated carbocycles. The first kappa shape index (κ1) is 19.5. The van der Waals surface area contributed by atoms with Crippen LogP contribution in [0.3, 0.4) is 0 Å². The highest BCUT2D eigenvalue weighted by Crippen LogP contribution is 2.60. The highest BCUT2D eigenvalue weighted by molar-refractivity contribution is 5.99. The fourth-order valence-corrected chi connectivity index (χ4v) is 7.27. The lowest BCUT2D eigenvalue weighted by Gasteiger charge is -2.55. The maximum absolute atomic E-state index is 13.5. The summed E-state index contributed by atoms with van der Waals surface area (Å²) < 4.78 is 0. The van der Waals surface area contributed by atoms with Gasteiger partial charge in [0.05, 0.1) is 5.52 Å². The molecule has 0 unspecified atom stereocenters. The van der Waals surface area contributed by atoms with Crippen molar-refractivity contribution in [1.82, 2.24) is 9.88 Å². The summed E-state index contributed by atoms with van der Waals surface area (Å²) in [6, 6.07) is 10.5. The van der Waals surface area contributed by atoms with E-state index in [4.69, 9.17) is 4.98 Å². The summed E-state index contributed by atoms with van der Waals surface area (Å²) in [4.78, 5) is 23.3. The van der Waals surface area contributed by atoms with Gasteiger partial charge in [-0.3, -0.25) is 4.79 Å². The molecule has 1 aliphatic heterocycles. The number of hydrogen-bond donors (Lipinski definition) is 0. The molecule has 0 radical (unpaired) electrons. The number of fused-ring (bicyclic) bond motifs is 1. The van der Waals surface area contributed by atoms with Crippen molar-refractivity contribution in [2.24, 2.45) is 23.2 Å². The lowest BCUT2D eigenvalue weighted by atomic mass is 9.48. The molecule has 4 aliphatic carbocycles. The molecule has 1 aromatic heterocycles. The van der Waals surface area contributed by atoms with Crippen molar-refractivity contribution in [3.63, 3.8) is 0 Å². The molecular weight excluding hydrogens is 382 g/mol. The number of allylic oxidation sites excluding steroid dienone is 1. The number of hydrogen-bond acceptors (Lipinski definition) is 4. The lowest BCUT2D eigenvalue weighted by molar-refractivity contribution is -0.138. The second-order valence-corrected chi connectivity index (χ2v) is 10.8. The standard InChI is InChI=1S/C27H33N3O/c1-29-8-10-30(11-9-29)26-23(15-22-4-2-3-5-24(22)28-26)6-7-25(31)27-16-19-12-20(17-27)14-21(13-19)18-27/h2-7,15,19-21H,8-14,16-18H2,1H3/b7-6+. The van der Waals surface area contributed by atoms with Crippen molar-refractivity contribution in [3.8, 4) is 0 Å². The van der Waals surface area contributed by atoms with E-state index < -0.39 is 0 Å². The number of para-hydroxylation sites is 1. The maximum Gasteiger partial charge on any atom is 0.161 e. The Hall–Kier alpha value is -2.20. The first-order valence-corrected chi connectivity index (χ1v) is 12.1. The molecule has 4 nitrogen and oxygen atoms in total. The maximum atomic E-state index is 13.5. The van der Waals surface area contributed by atoms with Crippen LogP contribution in [0.4, 0.5) is 5.82 Å². The molecule has 5 fully saturated rings. The van der Waals surface area contributed by atoms with E-state index in [-0.39, 0.29) is 5.41 Å². The topological polar surface area (TPSA) is 36.4 Å². The number of piperazine rings is 1. The minimum atomic E-state index is -0.0659. The average molecular weight is 416 g/mol. The van der Waals surface area contributed by atoms with Crippen LogP contribution in [-0.4, -0.2) is 48.9 Å². The molecule has 0 atom stereocenters. The Kier molecular flexibility index (Phi) is 4.68. The Bertz CT molecular complexity index is 999. The highest BCUT2D eigenvalue weighted by Gasteiger charge is 2.53. The van der Waals surface area contributed by atoms with E-state index >= 15 is 0 Å². The number of rotatable bonds is 4. The van der Waals surface area contributed by atoms with Gasteiger partial charge in [0.15, 0.2) is 5.78 Å². The lowest BCUT2D eigenvalue weighted by Crippen LogP contribution is -2.49. The molecule has 1 aromatic carbocycles. The number of anilines is 1. The van der Waals surface area contributed by atoms with Gasteiger partial charge in [0, 0.05) is 42.5 Å². The van der Waals surface area contributed by atoms with E-state index in [2.05, 4.69) is 53.3 Å². The molecule has 7 rings (SSSR count). The number of benzene rings is 1. The average Bonchev–Trinajstić information content (AvgIpc) is 2.76. The van der Waals surface area contributed by atoms with E-state index in [1.165, 1.54) is 19.3 Å². The molecular formula is C27H33N3O. The molecule has 162 valence electrons. The van der Waals surface area contributed by atoms with Gasteiger partial charge in [-0.2, -0.15) is 0 Å². The van der Waals surface area contributed by atoms with Crippen LogP contribution in [0.15, 0.2) is 36.4 Å². The number of likely N-dealkylation sites (N-methyl/N-ethyl adjacent to an activating group) is 1. The fraction of sp³-hybridized carbons (Fsp3) is 0.556. The summed E-state index contributed by atoms with van der Waals surface area (Å²) in [5.74, 6) is 3.80. The summed E-state index contributed by atoms with van der Waals surface area (Å²) in [6.07, 6.45) is 11.5. The van der Waals surface area contributed by atoms with E-state index in [0.29, 0.717) is 5.78 Å². The summed E-state index contributed by atoms with van der Waals surface area (Å²) in [6.45, 7) is 4.05. The van der Waals surface area contributed by atoms with Gasteiger partial charge in [-0.1, -0.05) is 18.2 Å². The molecule has 4 bridgehead atoms. The zero-order valence-electron chi connectivity index (χ0n) is 18.6. The second kappa shape index (κ2) is 7.44. The van der Waals surface area contributed by atoms with Crippen LogP contribution < -0.4 is 4.90 Å². The molecule has 31 heavy (non-hydrogen) atoms. The Morgan fingerprint density at radius 2 is 1.65 bits per heavy atom. The van der Waals surface area contributed by atoms with Gasteiger partial charge in [0.1, 0.15) is 5.82 Å². The van der Waals surface area contributed by atoms with Crippen molar-refractivity contribution in [3.05, 3.63) is 42.0 Å². The van der Waals surface area contributed by atoms with Gasteiger partial charge >= 0.3 is 0 Å². The zero-order chi connectivity index (χ0) is 21.0. The van der Waals surface area contributed by atoms with Gasteiger partial charge in [-0.15, -0.1) is 0 Å². The minimum absolute atomic E-state index is 0.0659. The van der Waals surface area contributed by atoms with Crippen LogP contribution in [-0.2, 0) is 4.79 Å².